The summed E-state index contributed by atoms with van der Waals surface area (Å²) in [5.74, 6) is -2.38. The standard InChI is InChI=1S/C11H13BrN2O5S/c1-6-2-3-7(12)4-9(6)20(18,19)14-8(11(16)17)5-10(13)15/h2-4,8,14H,5H2,1H3,(H2,13,15)(H,16,17). The number of carbonyl (C=O) groups is 2. The summed E-state index contributed by atoms with van der Waals surface area (Å²) in [7, 11) is -4.07. The van der Waals surface area contributed by atoms with Crippen LogP contribution < -0.4 is 10.5 Å². The van der Waals surface area contributed by atoms with E-state index >= 15 is 0 Å². The Kier molecular flexibility index (Phi) is 5.26. The average Bonchev–Trinajstić information content (AvgIpc) is 2.30. The fourth-order valence-electron chi connectivity index (χ4n) is 1.49. The van der Waals surface area contributed by atoms with Gasteiger partial charge in [0, 0.05) is 4.47 Å². The highest BCUT2D eigenvalue weighted by molar-refractivity contribution is 9.10. The molecule has 1 amide bonds. The molecule has 1 atom stereocenters. The Morgan fingerprint density at radius 2 is 2.05 bits per heavy atom. The number of carbonyl (C=O) groups excluding carboxylic acids is 1. The van der Waals surface area contributed by atoms with E-state index in [-0.39, 0.29) is 4.90 Å². The molecule has 0 aliphatic rings. The molecule has 7 nitrogen and oxygen atoms in total. The van der Waals surface area contributed by atoms with Gasteiger partial charge in [0.05, 0.1) is 11.3 Å². The van der Waals surface area contributed by atoms with Crippen molar-refractivity contribution in [3.63, 3.8) is 0 Å². The number of carboxylic acid groups (broad SMARTS) is 1. The Balaban J connectivity index is 3.12. The van der Waals surface area contributed by atoms with Crippen LogP contribution in [-0.2, 0) is 19.6 Å². The van der Waals surface area contributed by atoms with Gasteiger partial charge in [-0.05, 0) is 24.6 Å². The van der Waals surface area contributed by atoms with Crippen LogP contribution in [0, 0.1) is 6.92 Å². The molecular weight excluding hydrogens is 352 g/mol. The summed E-state index contributed by atoms with van der Waals surface area (Å²) in [4.78, 5) is 21.7. The Labute approximate surface area is 124 Å². The van der Waals surface area contributed by atoms with Crippen molar-refractivity contribution in [2.45, 2.75) is 24.3 Å². The molecule has 0 heterocycles. The van der Waals surface area contributed by atoms with Crippen molar-refractivity contribution in [3.8, 4) is 0 Å². The van der Waals surface area contributed by atoms with Crippen molar-refractivity contribution in [1.82, 2.24) is 4.72 Å². The lowest BCUT2D eigenvalue weighted by molar-refractivity contribution is -0.140. The van der Waals surface area contributed by atoms with Crippen molar-refractivity contribution in [3.05, 3.63) is 28.2 Å². The van der Waals surface area contributed by atoms with Crippen molar-refractivity contribution < 1.29 is 23.1 Å². The van der Waals surface area contributed by atoms with E-state index in [1.165, 1.54) is 6.07 Å². The molecule has 0 spiro atoms. The number of aryl methyl sites for hydroxylation is 1. The van der Waals surface area contributed by atoms with Crippen LogP contribution >= 0.6 is 15.9 Å². The molecule has 0 saturated carbocycles. The second-order valence-electron chi connectivity index (χ2n) is 4.09. The van der Waals surface area contributed by atoms with Gasteiger partial charge in [0.15, 0.2) is 0 Å². The fraction of sp³-hybridized carbons (Fsp3) is 0.273. The molecule has 0 radical (unpaired) electrons. The second-order valence-corrected chi connectivity index (χ2v) is 6.69. The van der Waals surface area contributed by atoms with Gasteiger partial charge in [0.2, 0.25) is 15.9 Å². The Morgan fingerprint density at radius 3 is 2.55 bits per heavy atom. The zero-order valence-corrected chi connectivity index (χ0v) is 12.9. The van der Waals surface area contributed by atoms with Gasteiger partial charge in [0.1, 0.15) is 6.04 Å². The molecule has 0 aliphatic heterocycles. The molecule has 1 rings (SSSR count). The van der Waals surface area contributed by atoms with E-state index in [9.17, 15) is 18.0 Å². The number of hydrogen-bond donors (Lipinski definition) is 3. The van der Waals surface area contributed by atoms with Gasteiger partial charge in [-0.15, -0.1) is 0 Å². The van der Waals surface area contributed by atoms with Crippen molar-refractivity contribution in [1.29, 1.82) is 0 Å². The largest absolute Gasteiger partial charge is 0.480 e. The summed E-state index contributed by atoms with van der Waals surface area (Å²) in [6.45, 7) is 1.57. The van der Waals surface area contributed by atoms with Gasteiger partial charge < -0.3 is 10.8 Å². The number of rotatable bonds is 6. The van der Waals surface area contributed by atoms with Crippen LogP contribution in [0.5, 0.6) is 0 Å². The van der Waals surface area contributed by atoms with E-state index in [2.05, 4.69) is 15.9 Å². The van der Waals surface area contributed by atoms with Crippen molar-refractivity contribution in [2.75, 3.05) is 0 Å². The number of nitrogens with one attached hydrogen (secondary N) is 1. The van der Waals surface area contributed by atoms with Crippen LogP contribution in [0.3, 0.4) is 0 Å². The summed E-state index contributed by atoms with van der Waals surface area (Å²) in [5.41, 5.74) is 5.35. The molecule has 1 unspecified atom stereocenters. The molecule has 110 valence electrons. The highest BCUT2D eigenvalue weighted by atomic mass is 79.9. The number of nitrogens with two attached hydrogens (primary N) is 1. The summed E-state index contributed by atoms with van der Waals surface area (Å²) in [6, 6.07) is 2.98. The molecule has 0 aliphatic carbocycles. The topological polar surface area (TPSA) is 127 Å². The number of carboxylic acids is 1. The lowest BCUT2D eigenvalue weighted by atomic mass is 10.2. The summed E-state index contributed by atoms with van der Waals surface area (Å²) in [6.07, 6.45) is -0.623. The molecule has 0 bridgehead atoms. The number of amides is 1. The molecule has 1 aromatic carbocycles. The van der Waals surface area contributed by atoms with Crippen LogP contribution in [0.1, 0.15) is 12.0 Å². The van der Waals surface area contributed by atoms with E-state index in [1.54, 1.807) is 19.1 Å². The maximum absolute atomic E-state index is 12.2. The Bertz CT molecular complexity index is 644. The van der Waals surface area contributed by atoms with Gasteiger partial charge in [0.25, 0.3) is 0 Å². The van der Waals surface area contributed by atoms with Gasteiger partial charge in [-0.1, -0.05) is 22.0 Å². The molecule has 20 heavy (non-hydrogen) atoms. The van der Waals surface area contributed by atoms with Gasteiger partial charge in [-0.25, -0.2) is 8.42 Å². The number of benzene rings is 1. The van der Waals surface area contributed by atoms with E-state index in [0.29, 0.717) is 10.0 Å². The molecule has 9 heteroatoms. The minimum absolute atomic E-state index is 0.0670. The van der Waals surface area contributed by atoms with E-state index in [0.717, 1.165) is 0 Å². The smallest absolute Gasteiger partial charge is 0.322 e. The third-order valence-electron chi connectivity index (χ3n) is 2.44. The molecule has 4 N–H and O–H groups in total. The molecule has 0 fully saturated rings. The molecular formula is C11H13BrN2O5S. The number of hydrogen-bond acceptors (Lipinski definition) is 4. The third kappa shape index (κ3) is 4.29. The Hall–Kier alpha value is -1.45. The molecule has 0 saturated heterocycles. The normalized spacial score (nSPS) is 12.9. The summed E-state index contributed by atoms with van der Waals surface area (Å²) in [5, 5.41) is 8.91. The van der Waals surface area contributed by atoms with Gasteiger partial charge >= 0.3 is 5.97 Å². The van der Waals surface area contributed by atoms with Crippen LogP contribution in [0.25, 0.3) is 0 Å². The predicted octanol–water partition coefficient (Wildman–Crippen LogP) is 0.364. The first-order valence-corrected chi connectivity index (χ1v) is 7.70. The number of sulfonamides is 1. The fourth-order valence-corrected chi connectivity index (χ4v) is 3.47. The number of aliphatic carboxylic acids is 1. The van der Waals surface area contributed by atoms with Crippen LogP contribution in [0.2, 0.25) is 0 Å². The second kappa shape index (κ2) is 6.33. The quantitative estimate of drug-likeness (QED) is 0.671. The molecule has 0 aromatic heterocycles. The first kappa shape index (κ1) is 16.6. The maximum Gasteiger partial charge on any atom is 0.322 e. The first-order valence-electron chi connectivity index (χ1n) is 5.43. The van der Waals surface area contributed by atoms with E-state index < -0.39 is 34.4 Å². The van der Waals surface area contributed by atoms with E-state index in [1.807, 2.05) is 4.72 Å². The zero-order chi connectivity index (χ0) is 15.5. The van der Waals surface area contributed by atoms with Crippen molar-refractivity contribution in [2.24, 2.45) is 5.73 Å². The number of primary amides is 1. The average molecular weight is 365 g/mol. The van der Waals surface area contributed by atoms with E-state index in [4.69, 9.17) is 10.8 Å². The molecule has 1 aromatic rings. The lowest BCUT2D eigenvalue weighted by Gasteiger charge is -2.14. The van der Waals surface area contributed by atoms with Gasteiger partial charge in [-0.3, -0.25) is 9.59 Å². The summed E-state index contributed by atoms with van der Waals surface area (Å²) < 4.78 is 26.8. The van der Waals surface area contributed by atoms with Crippen LogP contribution in [-0.4, -0.2) is 31.4 Å². The lowest BCUT2D eigenvalue weighted by Crippen LogP contribution is -2.43. The first-order chi connectivity index (χ1) is 9.13. The predicted molar refractivity (Wildman–Crippen MR) is 74.4 cm³/mol. The minimum atomic E-state index is -4.07. The van der Waals surface area contributed by atoms with Crippen LogP contribution in [0.4, 0.5) is 0 Å². The highest BCUT2D eigenvalue weighted by Gasteiger charge is 2.27. The minimum Gasteiger partial charge on any atom is -0.480 e. The third-order valence-corrected chi connectivity index (χ3v) is 4.55. The van der Waals surface area contributed by atoms with Crippen LogP contribution in [0.15, 0.2) is 27.6 Å². The van der Waals surface area contributed by atoms with Crippen molar-refractivity contribution >= 4 is 37.8 Å². The number of halogens is 1. The SMILES string of the molecule is Cc1ccc(Br)cc1S(=O)(=O)NC(CC(N)=O)C(=O)O. The monoisotopic (exact) mass is 364 g/mol. The summed E-state index contributed by atoms with van der Waals surface area (Å²) >= 11 is 3.14. The van der Waals surface area contributed by atoms with Gasteiger partial charge in [-0.2, -0.15) is 4.72 Å². The maximum atomic E-state index is 12.2. The highest BCUT2D eigenvalue weighted by Crippen LogP contribution is 2.20. The zero-order valence-electron chi connectivity index (χ0n) is 10.5. The Morgan fingerprint density at radius 1 is 1.45 bits per heavy atom.